The van der Waals surface area contributed by atoms with Gasteiger partial charge in [0, 0.05) is 5.22 Å². The highest BCUT2D eigenvalue weighted by Crippen LogP contribution is 2.47. The lowest BCUT2D eigenvalue weighted by atomic mass is 10.3. The van der Waals surface area contributed by atoms with E-state index in [-0.39, 0.29) is 10.4 Å². The number of hydrogen-bond acceptors (Lipinski definition) is 2. The highest BCUT2D eigenvalue weighted by atomic mass is 28.4. The first kappa shape index (κ1) is 15.6. The molecule has 1 rings (SSSR count). The first-order chi connectivity index (χ1) is 7.52. The van der Waals surface area contributed by atoms with Crippen molar-refractivity contribution in [2.24, 2.45) is 0 Å². The van der Waals surface area contributed by atoms with Crippen molar-refractivity contribution in [2.45, 2.75) is 76.4 Å². The Bertz CT molecular complexity index is 281. The Balaban J connectivity index is 2.76. The van der Waals surface area contributed by atoms with Gasteiger partial charge in [0.1, 0.15) is 0 Å². The predicted octanol–water partition coefficient (Wildman–Crippen LogP) is 3.08. The first-order valence-electron chi connectivity index (χ1n) is 6.90. The van der Waals surface area contributed by atoms with Crippen LogP contribution in [-0.4, -0.2) is 36.6 Å². The van der Waals surface area contributed by atoms with E-state index in [9.17, 15) is 0 Å². The molecule has 1 fully saturated rings. The highest BCUT2D eigenvalue weighted by molar-refractivity contribution is 6.79. The number of hydrogen-bond donors (Lipinski definition) is 0. The maximum Gasteiger partial charge on any atom is 0.219 e. The van der Waals surface area contributed by atoms with Gasteiger partial charge in [-0.15, -0.1) is 0 Å². The van der Waals surface area contributed by atoms with Gasteiger partial charge < -0.3 is 8.85 Å². The SMILES string of the molecule is C[SiH](C)OC1(C)CC[Si]1(C)OC(C)(C)[SiH](C)C. The van der Waals surface area contributed by atoms with Gasteiger partial charge in [0.25, 0.3) is 0 Å². The minimum Gasteiger partial charge on any atom is -0.415 e. The molecule has 0 spiro atoms. The van der Waals surface area contributed by atoms with Crippen LogP contribution in [0.2, 0.25) is 38.8 Å². The molecule has 2 unspecified atom stereocenters. The zero-order valence-corrected chi connectivity index (χ0v) is 16.2. The summed E-state index contributed by atoms with van der Waals surface area (Å²) >= 11 is 0. The van der Waals surface area contributed by atoms with Crippen molar-refractivity contribution in [3.63, 3.8) is 0 Å². The van der Waals surface area contributed by atoms with Crippen LogP contribution >= 0.6 is 0 Å². The van der Waals surface area contributed by atoms with Gasteiger partial charge in [-0.05, 0) is 52.9 Å². The molecule has 0 saturated carbocycles. The van der Waals surface area contributed by atoms with Crippen molar-refractivity contribution in [1.29, 1.82) is 0 Å². The molecule has 0 aromatic rings. The Morgan fingerprint density at radius 1 is 1.18 bits per heavy atom. The lowest BCUT2D eigenvalue weighted by molar-refractivity contribution is 0.0600. The van der Waals surface area contributed by atoms with Crippen molar-refractivity contribution in [1.82, 2.24) is 0 Å². The van der Waals surface area contributed by atoms with E-state index < -0.39 is 26.2 Å². The van der Waals surface area contributed by atoms with E-state index >= 15 is 0 Å². The Hall–Kier alpha value is 0.571. The third-order valence-corrected chi connectivity index (χ3v) is 13.7. The zero-order valence-electron chi connectivity index (χ0n) is 12.9. The summed E-state index contributed by atoms with van der Waals surface area (Å²) in [5.41, 5.74) is 0. The quantitative estimate of drug-likeness (QED) is 0.725. The van der Waals surface area contributed by atoms with Gasteiger partial charge in [-0.3, -0.25) is 0 Å². The molecule has 2 atom stereocenters. The van der Waals surface area contributed by atoms with E-state index in [1.807, 2.05) is 0 Å². The summed E-state index contributed by atoms with van der Waals surface area (Å²) in [5.74, 6) is 0. The van der Waals surface area contributed by atoms with Crippen LogP contribution in [0.5, 0.6) is 0 Å². The first-order valence-corrected chi connectivity index (χ1v) is 15.2. The molecule has 0 aromatic carbocycles. The summed E-state index contributed by atoms with van der Waals surface area (Å²) in [6.45, 7) is 18.5. The normalized spacial score (nSPS) is 34.2. The Morgan fingerprint density at radius 2 is 1.71 bits per heavy atom. The molecule has 0 radical (unpaired) electrons. The molecular weight excluding hydrogens is 260 g/mol. The fraction of sp³-hybridized carbons (Fsp3) is 1.00. The third-order valence-electron chi connectivity index (χ3n) is 4.57. The van der Waals surface area contributed by atoms with Crippen LogP contribution in [0.4, 0.5) is 0 Å². The van der Waals surface area contributed by atoms with Crippen LogP contribution in [0.25, 0.3) is 0 Å². The van der Waals surface area contributed by atoms with Gasteiger partial charge >= 0.3 is 0 Å². The molecule has 1 aliphatic heterocycles. The van der Waals surface area contributed by atoms with Crippen LogP contribution < -0.4 is 0 Å². The van der Waals surface area contributed by atoms with Gasteiger partial charge in [0.05, 0.1) is 14.0 Å². The van der Waals surface area contributed by atoms with E-state index in [1.165, 1.54) is 12.5 Å². The van der Waals surface area contributed by atoms with E-state index in [0.717, 1.165) is 0 Å². The summed E-state index contributed by atoms with van der Waals surface area (Å²) in [6.07, 6.45) is 1.20. The molecule has 1 aliphatic rings. The Kier molecular flexibility index (Phi) is 4.52. The summed E-state index contributed by atoms with van der Waals surface area (Å²) in [6, 6.07) is 1.27. The summed E-state index contributed by atoms with van der Waals surface area (Å²) in [4.78, 5) is 0. The fourth-order valence-corrected chi connectivity index (χ4v) is 10.1. The Labute approximate surface area is 112 Å². The van der Waals surface area contributed by atoms with E-state index in [1.54, 1.807) is 0 Å². The molecule has 0 aliphatic carbocycles. The van der Waals surface area contributed by atoms with E-state index in [4.69, 9.17) is 8.85 Å². The topological polar surface area (TPSA) is 18.5 Å². The molecule has 2 nitrogen and oxygen atoms in total. The van der Waals surface area contributed by atoms with Crippen molar-refractivity contribution in [3.05, 3.63) is 0 Å². The van der Waals surface area contributed by atoms with Gasteiger partial charge in [-0.1, -0.05) is 13.1 Å². The van der Waals surface area contributed by atoms with E-state index in [0.29, 0.717) is 0 Å². The minimum atomic E-state index is -1.66. The van der Waals surface area contributed by atoms with Crippen molar-refractivity contribution in [3.8, 4) is 0 Å². The maximum absolute atomic E-state index is 6.64. The summed E-state index contributed by atoms with van der Waals surface area (Å²) < 4.78 is 12.9. The minimum absolute atomic E-state index is 0.0912. The van der Waals surface area contributed by atoms with Crippen molar-refractivity contribution >= 4 is 26.2 Å². The maximum atomic E-state index is 6.64. The highest BCUT2D eigenvalue weighted by Gasteiger charge is 2.59. The van der Waals surface area contributed by atoms with Gasteiger partial charge in [-0.25, -0.2) is 0 Å². The molecule has 0 amide bonds. The van der Waals surface area contributed by atoms with Crippen molar-refractivity contribution in [2.75, 3.05) is 0 Å². The molecule has 1 saturated heterocycles. The molecule has 102 valence electrons. The molecule has 17 heavy (non-hydrogen) atoms. The van der Waals surface area contributed by atoms with E-state index in [2.05, 4.69) is 53.5 Å². The molecule has 1 heterocycles. The number of rotatable bonds is 5. The van der Waals surface area contributed by atoms with Gasteiger partial charge in [-0.2, -0.15) is 0 Å². The average Bonchev–Trinajstić information content (AvgIpc) is 2.14. The molecule has 0 bridgehead atoms. The lowest BCUT2D eigenvalue weighted by Gasteiger charge is -2.57. The van der Waals surface area contributed by atoms with Crippen LogP contribution in [0.15, 0.2) is 0 Å². The fourth-order valence-electron chi connectivity index (χ4n) is 2.39. The summed E-state index contributed by atoms with van der Waals surface area (Å²) in [5, 5.41) is 0.207. The monoisotopic (exact) mass is 290 g/mol. The molecule has 0 aromatic heterocycles. The van der Waals surface area contributed by atoms with Crippen molar-refractivity contribution < 1.29 is 8.85 Å². The zero-order chi connectivity index (χ0) is 13.5. The molecule has 0 N–H and O–H groups in total. The second kappa shape index (κ2) is 4.92. The largest absolute Gasteiger partial charge is 0.415 e. The third kappa shape index (κ3) is 3.12. The predicted molar refractivity (Wildman–Crippen MR) is 83.5 cm³/mol. The second-order valence-electron chi connectivity index (χ2n) is 6.99. The van der Waals surface area contributed by atoms with Crippen LogP contribution in [-0.2, 0) is 8.85 Å². The Morgan fingerprint density at radius 3 is 2.00 bits per heavy atom. The van der Waals surface area contributed by atoms with Crippen LogP contribution in [0, 0.1) is 0 Å². The van der Waals surface area contributed by atoms with Crippen LogP contribution in [0.1, 0.15) is 27.2 Å². The molecular formula is C12H30O2Si3. The summed E-state index contributed by atoms with van der Waals surface area (Å²) in [7, 11) is -3.42. The standard InChI is InChI=1S/C12H30O2Si3/c1-11(2,15(4)5)14-17(8)10-9-12(17,3)13-16(6)7/h15-16H,9-10H2,1-8H3. The van der Waals surface area contributed by atoms with Crippen LogP contribution in [0.3, 0.4) is 0 Å². The second-order valence-corrected chi connectivity index (χ2v) is 17.2. The van der Waals surface area contributed by atoms with Gasteiger partial charge in [0.2, 0.25) is 8.32 Å². The molecule has 5 heteroatoms. The lowest BCUT2D eigenvalue weighted by Crippen LogP contribution is -2.70. The average molecular weight is 291 g/mol. The smallest absolute Gasteiger partial charge is 0.219 e. The van der Waals surface area contributed by atoms with Gasteiger partial charge in [0.15, 0.2) is 9.04 Å².